The normalized spacial score (nSPS) is 14.1. The Bertz CT molecular complexity index is 1370. The summed E-state index contributed by atoms with van der Waals surface area (Å²) in [5.74, 6) is 0.524. The number of halogens is 2. The summed E-state index contributed by atoms with van der Waals surface area (Å²) < 4.78 is 0. The molecule has 0 bridgehead atoms. The number of hydrogen-bond donors (Lipinski definition) is 1. The fourth-order valence-electron chi connectivity index (χ4n) is 5.76. The maximum atomic E-state index is 13.9. The second-order valence-corrected chi connectivity index (χ2v) is 13.5. The number of likely N-dealkylation sites (tertiary alicyclic amines) is 1. The van der Waals surface area contributed by atoms with E-state index in [0.29, 0.717) is 46.7 Å². The molecule has 45 heavy (non-hydrogen) atoms. The molecule has 242 valence electrons. The van der Waals surface area contributed by atoms with Gasteiger partial charge in [-0.2, -0.15) is 0 Å². The lowest BCUT2D eigenvalue weighted by atomic mass is 10.00. The molecule has 8 heteroatoms. The molecule has 1 saturated heterocycles. The highest BCUT2D eigenvalue weighted by Gasteiger charge is 2.29. The van der Waals surface area contributed by atoms with E-state index in [0.717, 1.165) is 56.4 Å². The lowest BCUT2D eigenvalue weighted by Crippen LogP contribution is -2.47. The average molecular weight is 652 g/mol. The quantitative estimate of drug-likeness (QED) is 0.168. The number of nitrogens with one attached hydrogen (secondary N) is 1. The highest BCUT2D eigenvalue weighted by molar-refractivity contribution is 6.42. The predicted octanol–water partition coefficient (Wildman–Crippen LogP) is 8.25. The number of aromatic nitrogens is 1. The van der Waals surface area contributed by atoms with Gasteiger partial charge in [-0.15, -0.1) is 0 Å². The molecule has 1 aliphatic rings. The molecule has 3 aromatic rings. The summed E-state index contributed by atoms with van der Waals surface area (Å²) in [7, 11) is 0. The lowest BCUT2D eigenvalue weighted by Gasteiger charge is -2.38. The van der Waals surface area contributed by atoms with Gasteiger partial charge in [0, 0.05) is 44.0 Å². The van der Waals surface area contributed by atoms with E-state index < -0.39 is 0 Å². The van der Waals surface area contributed by atoms with Crippen LogP contribution >= 0.6 is 23.2 Å². The molecule has 2 heterocycles. The van der Waals surface area contributed by atoms with Gasteiger partial charge < -0.3 is 15.1 Å². The van der Waals surface area contributed by atoms with Crippen LogP contribution in [-0.2, 0) is 19.4 Å². The Morgan fingerprint density at radius 2 is 1.64 bits per heavy atom. The van der Waals surface area contributed by atoms with Gasteiger partial charge >= 0.3 is 0 Å². The maximum absolute atomic E-state index is 13.9. The first-order chi connectivity index (χ1) is 21.7. The van der Waals surface area contributed by atoms with Crippen LogP contribution in [0.25, 0.3) is 0 Å². The molecule has 0 unspecified atom stereocenters. The van der Waals surface area contributed by atoms with E-state index in [9.17, 15) is 9.59 Å². The Hall–Kier alpha value is -2.93. The van der Waals surface area contributed by atoms with Crippen molar-refractivity contribution in [3.63, 3.8) is 0 Å². The summed E-state index contributed by atoms with van der Waals surface area (Å²) in [6.45, 7) is 10.8. The molecule has 0 atom stereocenters. The molecule has 1 fully saturated rings. The molecule has 0 saturated carbocycles. The number of aryl methyl sites for hydroxylation is 1. The second-order valence-electron chi connectivity index (χ2n) is 12.6. The Kier molecular flexibility index (Phi) is 13.7. The van der Waals surface area contributed by atoms with Crippen LogP contribution in [-0.4, -0.2) is 58.8 Å². The minimum Gasteiger partial charge on any atom is -0.352 e. The topological polar surface area (TPSA) is 65.5 Å². The first-order valence-corrected chi connectivity index (χ1v) is 17.3. The number of unbranched alkanes of at least 4 members (excludes halogenated alkanes) is 2. The number of hydrogen-bond acceptors (Lipinski definition) is 4. The lowest BCUT2D eigenvalue weighted by molar-refractivity contribution is 0.0540. The van der Waals surface area contributed by atoms with Gasteiger partial charge in [0.2, 0.25) is 0 Å². The first-order valence-electron chi connectivity index (χ1n) is 16.5. The van der Waals surface area contributed by atoms with Crippen LogP contribution in [0.1, 0.15) is 96.8 Å². The minimum absolute atomic E-state index is 0.0279. The van der Waals surface area contributed by atoms with E-state index in [-0.39, 0.29) is 17.9 Å². The smallest absolute Gasteiger partial charge is 0.272 e. The van der Waals surface area contributed by atoms with Gasteiger partial charge in [0.05, 0.1) is 10.0 Å². The Morgan fingerprint density at radius 3 is 2.29 bits per heavy atom. The highest BCUT2D eigenvalue weighted by Crippen LogP contribution is 2.24. The van der Waals surface area contributed by atoms with Gasteiger partial charge in [-0.3, -0.25) is 14.6 Å². The Labute approximate surface area is 279 Å². The monoisotopic (exact) mass is 650 g/mol. The molecular formula is C37H48Cl2N4O2. The van der Waals surface area contributed by atoms with Gasteiger partial charge in [0.25, 0.3) is 11.8 Å². The van der Waals surface area contributed by atoms with E-state index in [2.05, 4.69) is 42.0 Å². The van der Waals surface area contributed by atoms with E-state index in [1.54, 1.807) is 6.07 Å². The largest absolute Gasteiger partial charge is 0.352 e. The van der Waals surface area contributed by atoms with Crippen LogP contribution in [0, 0.1) is 5.92 Å². The average Bonchev–Trinajstić information content (AvgIpc) is 3.05. The summed E-state index contributed by atoms with van der Waals surface area (Å²) in [6, 6.07) is 17.2. The van der Waals surface area contributed by atoms with Crippen molar-refractivity contribution in [3.05, 3.63) is 98.8 Å². The third-order valence-corrected chi connectivity index (χ3v) is 9.39. The summed E-state index contributed by atoms with van der Waals surface area (Å²) >= 11 is 12.1. The third-order valence-electron chi connectivity index (χ3n) is 8.65. The van der Waals surface area contributed by atoms with E-state index in [1.165, 1.54) is 24.8 Å². The number of amides is 2. The van der Waals surface area contributed by atoms with Crippen LogP contribution < -0.4 is 5.32 Å². The van der Waals surface area contributed by atoms with Crippen molar-refractivity contribution in [1.82, 2.24) is 20.1 Å². The van der Waals surface area contributed by atoms with E-state index in [1.807, 2.05) is 53.6 Å². The standard InChI is InChI=1S/C37H48Cl2N4O2/c1-4-5-6-7-29-11-15-35(41-25-29)37(45)43(32-18-22-42(23-19-32)21-17-27(2)3)26-30-8-12-31(13-9-30)36(44)40-20-16-28-10-14-33(38)34(39)24-28/h8-15,24-25,27,32H,4-7,16-23,26H2,1-3H3,(H,40,44). The van der Waals surface area contributed by atoms with Crippen LogP contribution in [0.2, 0.25) is 10.0 Å². The summed E-state index contributed by atoms with van der Waals surface area (Å²) in [6.07, 6.45) is 10.1. The SMILES string of the molecule is CCCCCc1ccc(C(=O)N(Cc2ccc(C(=O)NCCc3ccc(Cl)c(Cl)c3)cc2)C2CCN(CCC(C)C)CC2)nc1. The molecule has 0 radical (unpaired) electrons. The molecule has 1 N–H and O–H groups in total. The summed E-state index contributed by atoms with van der Waals surface area (Å²) in [4.78, 5) is 35.9. The van der Waals surface area contributed by atoms with Crippen LogP contribution in [0.4, 0.5) is 0 Å². The molecule has 4 rings (SSSR count). The fraction of sp³-hybridized carbons (Fsp3) is 0.486. The molecule has 1 aliphatic heterocycles. The second kappa shape index (κ2) is 17.7. The van der Waals surface area contributed by atoms with Crippen molar-refractivity contribution in [1.29, 1.82) is 0 Å². The fourth-order valence-corrected chi connectivity index (χ4v) is 6.08. The van der Waals surface area contributed by atoms with Crippen molar-refractivity contribution in [2.24, 2.45) is 5.92 Å². The number of benzene rings is 2. The summed E-state index contributed by atoms with van der Waals surface area (Å²) in [5.41, 5.74) is 4.26. The van der Waals surface area contributed by atoms with E-state index in [4.69, 9.17) is 23.2 Å². The van der Waals surface area contributed by atoms with Crippen molar-refractivity contribution in [2.75, 3.05) is 26.2 Å². The van der Waals surface area contributed by atoms with Crippen LogP contribution in [0.5, 0.6) is 0 Å². The van der Waals surface area contributed by atoms with Gasteiger partial charge in [0.1, 0.15) is 5.69 Å². The van der Waals surface area contributed by atoms with Crippen molar-refractivity contribution in [3.8, 4) is 0 Å². The molecule has 1 aromatic heterocycles. The number of rotatable bonds is 15. The maximum Gasteiger partial charge on any atom is 0.272 e. The van der Waals surface area contributed by atoms with Gasteiger partial charge in [-0.25, -0.2) is 0 Å². The summed E-state index contributed by atoms with van der Waals surface area (Å²) in [5, 5.41) is 4.01. The molecule has 2 aromatic carbocycles. The highest BCUT2D eigenvalue weighted by atomic mass is 35.5. The predicted molar refractivity (Wildman–Crippen MR) is 185 cm³/mol. The van der Waals surface area contributed by atoms with Crippen LogP contribution in [0.15, 0.2) is 60.8 Å². The van der Waals surface area contributed by atoms with E-state index >= 15 is 0 Å². The zero-order chi connectivity index (χ0) is 32.2. The Morgan fingerprint density at radius 1 is 0.933 bits per heavy atom. The minimum atomic E-state index is -0.133. The number of carbonyl (C=O) groups excluding carboxylic acids is 2. The zero-order valence-corrected chi connectivity index (χ0v) is 28.5. The van der Waals surface area contributed by atoms with Gasteiger partial charge in [0.15, 0.2) is 0 Å². The zero-order valence-electron chi connectivity index (χ0n) is 27.0. The van der Waals surface area contributed by atoms with Crippen LogP contribution in [0.3, 0.4) is 0 Å². The molecule has 0 aliphatic carbocycles. The molecule has 6 nitrogen and oxygen atoms in total. The third kappa shape index (κ3) is 10.8. The van der Waals surface area contributed by atoms with Gasteiger partial charge in [-0.05, 0) is 98.0 Å². The Balaban J connectivity index is 1.40. The molecule has 2 amide bonds. The van der Waals surface area contributed by atoms with Gasteiger partial charge in [-0.1, -0.05) is 81.1 Å². The van der Waals surface area contributed by atoms with Crippen molar-refractivity contribution < 1.29 is 9.59 Å². The van der Waals surface area contributed by atoms with Crippen molar-refractivity contribution >= 4 is 35.0 Å². The number of pyridine rings is 1. The molecule has 0 spiro atoms. The molecular weight excluding hydrogens is 603 g/mol. The first kappa shape index (κ1) is 34.9. The number of nitrogens with zero attached hydrogens (tertiary/aromatic N) is 3. The van der Waals surface area contributed by atoms with Crippen molar-refractivity contribution in [2.45, 2.75) is 84.7 Å². The number of piperidine rings is 1. The number of carbonyl (C=O) groups is 2.